The van der Waals surface area contributed by atoms with Gasteiger partial charge < -0.3 is 29.6 Å². The molecule has 2 aromatic carbocycles. The Morgan fingerprint density at radius 2 is 1.78 bits per heavy atom. The van der Waals surface area contributed by atoms with E-state index in [-0.39, 0.29) is 0 Å². The summed E-state index contributed by atoms with van der Waals surface area (Å²) in [5.74, 6) is 2.55. The van der Waals surface area contributed by atoms with Gasteiger partial charge in [0, 0.05) is 74.5 Å². The van der Waals surface area contributed by atoms with Gasteiger partial charge in [0.15, 0.2) is 0 Å². The smallest absolute Gasteiger partial charge is 0.229 e. The van der Waals surface area contributed by atoms with Crippen LogP contribution in [0.5, 0.6) is 5.75 Å². The maximum absolute atomic E-state index is 5.92. The average Bonchev–Trinajstić information content (AvgIpc) is 3.62. The van der Waals surface area contributed by atoms with Gasteiger partial charge in [-0.1, -0.05) is 14.8 Å². The molecule has 2 aromatic heterocycles. The molecule has 244 valence electrons. The summed E-state index contributed by atoms with van der Waals surface area (Å²) in [5, 5.41) is 8.18. The molecule has 4 aromatic rings. The zero-order valence-corrected chi connectivity index (χ0v) is 29.9. The summed E-state index contributed by atoms with van der Waals surface area (Å²) in [7, 11) is 3.53. The van der Waals surface area contributed by atoms with Gasteiger partial charge in [0.2, 0.25) is 11.8 Å². The number of benzene rings is 2. The average molecular weight is 708 g/mol. The van der Waals surface area contributed by atoms with Crippen molar-refractivity contribution in [2.24, 2.45) is 0 Å². The number of anilines is 5. The van der Waals surface area contributed by atoms with Crippen molar-refractivity contribution in [3.63, 3.8) is 0 Å². The predicted octanol–water partition coefficient (Wildman–Crippen LogP) is 6.54. The standard InChI is InChI=1S/C34H44BrN8O2P/c1-6-23-19-28(30(44-3)21-29(23)43-12-9-25(10-13-43)42-16-14-41(2)15-17-42)39-34-37-22-26(35)32(40-34)38-27-8-7-24(20-31(27)46(4)5)33-36-11-18-45-33/h7-8,11,18-22,25H,6,9-10,12-17H2,1-5H3,(H2,37,38,39,40). The fourth-order valence-electron chi connectivity index (χ4n) is 6.39. The van der Waals surface area contributed by atoms with Crippen molar-refractivity contribution in [2.45, 2.75) is 32.2 Å². The second-order valence-electron chi connectivity index (χ2n) is 12.2. The van der Waals surface area contributed by atoms with E-state index in [9.17, 15) is 0 Å². The minimum atomic E-state index is -0.422. The Morgan fingerprint density at radius 1 is 1.00 bits per heavy atom. The van der Waals surface area contributed by atoms with Crippen LogP contribution >= 0.6 is 23.9 Å². The third-order valence-corrected chi connectivity index (χ3v) is 11.0. The van der Waals surface area contributed by atoms with Crippen LogP contribution in [-0.4, -0.2) is 97.5 Å². The first kappa shape index (κ1) is 32.7. The number of rotatable bonds is 10. The van der Waals surface area contributed by atoms with E-state index in [0.717, 1.165) is 46.7 Å². The first-order valence-electron chi connectivity index (χ1n) is 16.0. The van der Waals surface area contributed by atoms with Gasteiger partial charge in [0.05, 0.1) is 23.5 Å². The highest BCUT2D eigenvalue weighted by molar-refractivity contribution is 9.10. The van der Waals surface area contributed by atoms with Crippen LogP contribution in [0.3, 0.4) is 0 Å². The van der Waals surface area contributed by atoms with Gasteiger partial charge in [0.25, 0.3) is 0 Å². The normalized spacial score (nSPS) is 16.6. The molecule has 0 unspecified atom stereocenters. The van der Waals surface area contributed by atoms with Gasteiger partial charge >= 0.3 is 0 Å². The molecule has 2 aliphatic heterocycles. The number of nitrogens with one attached hydrogen (secondary N) is 2. The zero-order valence-electron chi connectivity index (χ0n) is 27.4. The number of aryl methyl sites for hydroxylation is 1. The first-order chi connectivity index (χ1) is 22.3. The van der Waals surface area contributed by atoms with Gasteiger partial charge in [0.1, 0.15) is 17.8 Å². The van der Waals surface area contributed by atoms with Crippen LogP contribution in [-0.2, 0) is 6.42 Å². The van der Waals surface area contributed by atoms with Crippen LogP contribution in [0.25, 0.3) is 11.5 Å². The number of hydrogen-bond acceptors (Lipinski definition) is 10. The molecule has 2 fully saturated rings. The highest BCUT2D eigenvalue weighted by Crippen LogP contribution is 2.38. The Morgan fingerprint density at radius 3 is 2.46 bits per heavy atom. The van der Waals surface area contributed by atoms with Crippen LogP contribution in [0.15, 0.2) is 57.9 Å². The fourth-order valence-corrected chi connectivity index (χ4v) is 7.69. The molecule has 0 aliphatic carbocycles. The Hall–Kier alpha value is -3.24. The van der Waals surface area contributed by atoms with Crippen molar-refractivity contribution >= 4 is 58.0 Å². The monoisotopic (exact) mass is 706 g/mol. The highest BCUT2D eigenvalue weighted by Gasteiger charge is 2.28. The Kier molecular flexibility index (Phi) is 10.4. The Labute approximate surface area is 281 Å². The molecule has 0 spiro atoms. The first-order valence-corrected chi connectivity index (χ1v) is 19.0. The lowest BCUT2D eigenvalue weighted by atomic mass is 9.99. The number of nitrogens with zero attached hydrogens (tertiary/aromatic N) is 6. The summed E-state index contributed by atoms with van der Waals surface area (Å²) in [6, 6.07) is 11.3. The summed E-state index contributed by atoms with van der Waals surface area (Å²) >= 11 is 3.65. The van der Waals surface area contributed by atoms with Gasteiger partial charge in [-0.25, -0.2) is 9.97 Å². The van der Waals surface area contributed by atoms with Crippen LogP contribution < -0.4 is 25.6 Å². The number of methoxy groups -OCH3 is 1. The number of oxazole rings is 1. The SMILES string of the molecule is CCc1cc(Nc2ncc(Br)c(Nc3ccc(-c4ncco4)cc3P(C)C)n2)c(OC)cc1N1CCC(N2CCN(C)CC2)CC1. The van der Waals surface area contributed by atoms with Crippen molar-refractivity contribution in [3.05, 3.63) is 59.0 Å². The second kappa shape index (κ2) is 14.7. The zero-order chi connectivity index (χ0) is 32.2. The quantitative estimate of drug-likeness (QED) is 0.177. The van der Waals surface area contributed by atoms with E-state index in [0.29, 0.717) is 23.7 Å². The molecule has 2 aliphatic rings. The Balaban J connectivity index is 1.19. The summed E-state index contributed by atoms with van der Waals surface area (Å²) in [6.07, 6.45) is 8.34. The summed E-state index contributed by atoms with van der Waals surface area (Å²) < 4.78 is 12.2. The third-order valence-electron chi connectivity index (χ3n) is 9.04. The van der Waals surface area contributed by atoms with E-state index >= 15 is 0 Å². The van der Waals surface area contributed by atoms with E-state index in [1.54, 1.807) is 25.8 Å². The van der Waals surface area contributed by atoms with Gasteiger partial charge in [-0.15, -0.1) is 0 Å². The van der Waals surface area contributed by atoms with E-state index in [1.807, 2.05) is 6.07 Å². The van der Waals surface area contributed by atoms with Crippen molar-refractivity contribution in [2.75, 3.05) is 82.3 Å². The van der Waals surface area contributed by atoms with Crippen molar-refractivity contribution in [1.82, 2.24) is 24.8 Å². The number of aromatic nitrogens is 3. The fraction of sp³-hybridized carbons (Fsp3) is 0.441. The highest BCUT2D eigenvalue weighted by atomic mass is 79.9. The molecule has 46 heavy (non-hydrogen) atoms. The second-order valence-corrected chi connectivity index (χ2v) is 15.3. The molecule has 10 nitrogen and oxygen atoms in total. The molecule has 2 N–H and O–H groups in total. The molecule has 0 atom stereocenters. The number of ether oxygens (including phenoxy) is 1. The number of piperazine rings is 1. The molecule has 4 heterocycles. The van der Waals surface area contributed by atoms with Gasteiger partial charge in [-0.05, 0) is 90.7 Å². The van der Waals surface area contributed by atoms with Gasteiger partial charge in [-0.3, -0.25) is 4.90 Å². The maximum Gasteiger partial charge on any atom is 0.229 e. The lowest BCUT2D eigenvalue weighted by molar-refractivity contribution is 0.0982. The van der Waals surface area contributed by atoms with E-state index in [1.165, 1.54) is 55.6 Å². The Bertz CT molecular complexity index is 1620. The molecule has 0 radical (unpaired) electrons. The molecule has 6 rings (SSSR count). The van der Waals surface area contributed by atoms with Crippen LogP contribution in [0.1, 0.15) is 25.3 Å². The topological polar surface area (TPSA) is 94.8 Å². The molecule has 2 saturated heterocycles. The summed E-state index contributed by atoms with van der Waals surface area (Å²) in [5.41, 5.74) is 5.34. The van der Waals surface area contributed by atoms with E-state index in [2.05, 4.69) is 103 Å². The molecular weight excluding hydrogens is 663 g/mol. The van der Waals surface area contributed by atoms with E-state index in [4.69, 9.17) is 14.1 Å². The van der Waals surface area contributed by atoms with Crippen LogP contribution in [0.2, 0.25) is 0 Å². The van der Waals surface area contributed by atoms with Crippen LogP contribution in [0.4, 0.5) is 28.8 Å². The maximum atomic E-state index is 5.92. The minimum Gasteiger partial charge on any atom is -0.494 e. The predicted molar refractivity (Wildman–Crippen MR) is 193 cm³/mol. The lowest BCUT2D eigenvalue weighted by Crippen LogP contribution is -2.52. The molecule has 12 heteroatoms. The van der Waals surface area contributed by atoms with Crippen molar-refractivity contribution in [1.29, 1.82) is 0 Å². The number of halogens is 1. The number of likely N-dealkylation sites (N-methyl/N-ethyl adjacent to an activating group) is 1. The van der Waals surface area contributed by atoms with Crippen molar-refractivity contribution < 1.29 is 9.15 Å². The number of hydrogen-bond donors (Lipinski definition) is 2. The largest absolute Gasteiger partial charge is 0.494 e. The number of piperidine rings is 1. The molecule has 0 saturated carbocycles. The van der Waals surface area contributed by atoms with Crippen LogP contribution in [0, 0.1) is 0 Å². The molecule has 0 amide bonds. The minimum absolute atomic E-state index is 0.422. The van der Waals surface area contributed by atoms with Crippen molar-refractivity contribution in [3.8, 4) is 17.2 Å². The van der Waals surface area contributed by atoms with Gasteiger partial charge in [-0.2, -0.15) is 4.98 Å². The van der Waals surface area contributed by atoms with E-state index < -0.39 is 7.92 Å². The molecular formula is C34H44BrN8O2P. The third kappa shape index (κ3) is 7.33. The lowest BCUT2D eigenvalue weighted by Gasteiger charge is -2.43. The molecule has 0 bridgehead atoms. The summed E-state index contributed by atoms with van der Waals surface area (Å²) in [4.78, 5) is 21.4. The summed E-state index contributed by atoms with van der Waals surface area (Å²) in [6.45, 7) is 13.5.